The molecule has 1 aromatic rings. The minimum Gasteiger partial charge on any atom is -0.184 e. The summed E-state index contributed by atoms with van der Waals surface area (Å²) in [5, 5.41) is 0. The Kier molecular flexibility index (Phi) is 13.8. The SMILES string of the molecule is [CH-]=C/C=C(/C([NH-])=O)[C](N)=[W].[Y].[c-]1ccccc1. The van der Waals surface area contributed by atoms with E-state index in [0.717, 1.165) is 19.4 Å². The van der Waals surface area contributed by atoms with Gasteiger partial charge in [-0.3, -0.25) is 0 Å². The van der Waals surface area contributed by atoms with Crippen LogP contribution in [0.4, 0.5) is 0 Å². The Morgan fingerprint density at radius 3 is 2.00 bits per heavy atom. The zero-order valence-electron chi connectivity index (χ0n) is 9.09. The van der Waals surface area contributed by atoms with Gasteiger partial charge in [0.25, 0.3) is 0 Å². The van der Waals surface area contributed by atoms with Crippen molar-refractivity contribution < 1.29 is 56.9 Å². The van der Waals surface area contributed by atoms with Crippen LogP contribution in [-0.2, 0) is 56.9 Å². The summed E-state index contributed by atoms with van der Waals surface area (Å²) in [5.41, 5.74) is 12.2. The van der Waals surface area contributed by atoms with Crippen molar-refractivity contribution in [3.05, 3.63) is 66.4 Å². The van der Waals surface area contributed by atoms with E-state index in [1.165, 1.54) is 12.2 Å². The molecule has 0 aromatic heterocycles. The van der Waals surface area contributed by atoms with Crippen LogP contribution >= 0.6 is 0 Å². The first-order valence-corrected chi connectivity index (χ1v) is 5.78. The van der Waals surface area contributed by atoms with E-state index < -0.39 is 5.91 Å². The van der Waals surface area contributed by atoms with Gasteiger partial charge in [-0.25, -0.2) is 0 Å². The molecule has 3 nitrogen and oxygen atoms in total. The predicted octanol–water partition coefficient (Wildman–Crippen LogP) is 1.60. The Labute approximate surface area is 138 Å². The van der Waals surface area contributed by atoms with E-state index in [9.17, 15) is 4.79 Å². The van der Waals surface area contributed by atoms with Crippen molar-refractivity contribution in [2.45, 2.75) is 0 Å². The van der Waals surface area contributed by atoms with Gasteiger partial charge in [-0.15, -0.1) is 0 Å². The molecule has 87 valence electrons. The molecule has 0 aliphatic rings. The molecule has 0 fully saturated rings. The van der Waals surface area contributed by atoms with Crippen LogP contribution < -0.4 is 5.73 Å². The minimum atomic E-state index is -0.797. The van der Waals surface area contributed by atoms with Gasteiger partial charge >= 0.3 is 69.8 Å². The summed E-state index contributed by atoms with van der Waals surface area (Å²) in [6.45, 7) is 5.01. The fourth-order valence-electron chi connectivity index (χ4n) is 0.708. The smallest absolute Gasteiger partial charge is 0 e. The molecule has 1 radical (unpaired) electrons. The Balaban J connectivity index is 0. The molecule has 0 unspecified atom stereocenters. The molecule has 1 aromatic carbocycles. The minimum absolute atomic E-state index is 0. The number of nitrogens with two attached hydrogens (primary N) is 1. The molecule has 0 spiro atoms. The van der Waals surface area contributed by atoms with E-state index in [1.54, 1.807) is 0 Å². The molecule has 1 rings (SSSR count). The first kappa shape index (κ1) is 19.1. The van der Waals surface area contributed by atoms with Crippen LogP contribution in [0.1, 0.15) is 0 Å². The van der Waals surface area contributed by atoms with Crippen molar-refractivity contribution >= 4 is 9.93 Å². The van der Waals surface area contributed by atoms with Crippen LogP contribution in [0.25, 0.3) is 5.73 Å². The molecule has 0 bridgehead atoms. The zero-order chi connectivity index (χ0) is 12.4. The van der Waals surface area contributed by atoms with E-state index in [-0.39, 0.29) is 38.3 Å². The Morgan fingerprint density at radius 1 is 1.35 bits per heavy atom. The number of amides is 1. The molecule has 0 atom stereocenters. The number of allylic oxidation sites excluding steroid dienone is 2. The summed E-state index contributed by atoms with van der Waals surface area (Å²) in [4.78, 5) is 10.4. The summed E-state index contributed by atoms with van der Waals surface area (Å²) < 4.78 is 0.390. The van der Waals surface area contributed by atoms with Crippen LogP contribution in [0.2, 0.25) is 0 Å². The number of hydrogen-bond acceptors (Lipinski definition) is 2. The number of benzene rings is 1. The van der Waals surface area contributed by atoms with E-state index in [1.807, 2.05) is 30.3 Å². The van der Waals surface area contributed by atoms with Crippen LogP contribution in [0.5, 0.6) is 0 Å². The number of rotatable bonds is 3. The average Bonchev–Trinajstić information content (AvgIpc) is 2.28. The van der Waals surface area contributed by atoms with Gasteiger partial charge in [0.2, 0.25) is 0 Å². The van der Waals surface area contributed by atoms with Crippen LogP contribution in [0.15, 0.2) is 48.1 Å². The average molecular weight is 472 g/mol. The Hall–Kier alpha value is -0.208. The maximum Gasteiger partial charge on any atom is 0 e. The van der Waals surface area contributed by atoms with E-state index in [0.29, 0.717) is 4.02 Å². The van der Waals surface area contributed by atoms with Crippen molar-refractivity contribution in [2.24, 2.45) is 5.73 Å². The molecule has 3 N–H and O–H groups in total. The van der Waals surface area contributed by atoms with Crippen LogP contribution in [0, 0.1) is 12.6 Å². The molecule has 0 heterocycles. The third-order valence-electron chi connectivity index (χ3n) is 1.38. The quantitative estimate of drug-likeness (QED) is 0.413. The first-order chi connectivity index (χ1) is 7.59. The molecule has 0 aliphatic carbocycles. The van der Waals surface area contributed by atoms with Gasteiger partial charge in [0.1, 0.15) is 0 Å². The topological polar surface area (TPSA) is 66.9 Å². The second-order valence-corrected chi connectivity index (χ2v) is 4.12. The van der Waals surface area contributed by atoms with E-state index in [4.69, 9.17) is 18.0 Å². The number of carbonyl (C=O) groups is 1. The summed E-state index contributed by atoms with van der Waals surface area (Å²) in [6, 6.07) is 12.5. The van der Waals surface area contributed by atoms with Gasteiger partial charge in [-0.2, -0.15) is 36.4 Å². The largest absolute Gasteiger partial charge is 0.184 e. The second-order valence-electron chi connectivity index (χ2n) is 2.54. The summed E-state index contributed by atoms with van der Waals surface area (Å²) >= 11 is 0.962. The standard InChI is InChI=1S/C6H7N2O.C6H5.W.Y/c1-2-3-5(4-7)6(8)9;1-2-4-6-5-3-1;;/h1-3H,7H2,(H2,8,9);1-5H;;/q2*-1;;/p-1/b5-3+;;;. The van der Waals surface area contributed by atoms with Crippen molar-refractivity contribution in [1.82, 2.24) is 0 Å². The molecular formula is C12H11N2OWY-3. The van der Waals surface area contributed by atoms with Gasteiger partial charge in [0.05, 0.1) is 0 Å². The maximum atomic E-state index is 10.4. The number of carbonyl (C=O) groups excluding carboxylic acids is 1. The fraction of sp³-hybridized carbons (Fsp3) is 0. The fourth-order valence-corrected chi connectivity index (χ4v) is 1.29. The van der Waals surface area contributed by atoms with Gasteiger partial charge in [0.15, 0.2) is 0 Å². The normalized spacial score (nSPS) is 9.12. The number of hydrogen-bond donors (Lipinski definition) is 1. The van der Waals surface area contributed by atoms with Gasteiger partial charge in [-0.05, 0) is 0 Å². The third kappa shape index (κ3) is 10.7. The first-order valence-electron chi connectivity index (χ1n) is 4.31. The van der Waals surface area contributed by atoms with Crippen molar-refractivity contribution in [2.75, 3.05) is 0 Å². The summed E-state index contributed by atoms with van der Waals surface area (Å²) in [5.74, 6) is -0.797. The molecule has 5 heteroatoms. The second kappa shape index (κ2) is 12.3. The van der Waals surface area contributed by atoms with Gasteiger partial charge in [0, 0.05) is 32.7 Å². The molecule has 0 aliphatic heterocycles. The van der Waals surface area contributed by atoms with Crippen molar-refractivity contribution in [1.29, 1.82) is 0 Å². The Morgan fingerprint density at radius 2 is 1.88 bits per heavy atom. The predicted molar refractivity (Wildman–Crippen MR) is 60.8 cm³/mol. The maximum absolute atomic E-state index is 10.4. The van der Waals surface area contributed by atoms with Crippen LogP contribution in [0.3, 0.4) is 0 Å². The monoisotopic (exact) mass is 472 g/mol. The third-order valence-corrected chi connectivity index (χ3v) is 2.17. The molecule has 1 amide bonds. The summed E-state index contributed by atoms with van der Waals surface area (Å²) in [6.07, 6.45) is 2.52. The van der Waals surface area contributed by atoms with Crippen molar-refractivity contribution in [3.8, 4) is 0 Å². The Bertz CT molecular complexity index is 348. The van der Waals surface area contributed by atoms with E-state index >= 15 is 0 Å². The molecule has 17 heavy (non-hydrogen) atoms. The van der Waals surface area contributed by atoms with Crippen molar-refractivity contribution in [3.63, 3.8) is 0 Å². The van der Waals surface area contributed by atoms with Crippen LogP contribution in [-0.4, -0.2) is 9.93 Å². The molecular weight excluding hydrogens is 461 g/mol. The molecule has 0 saturated heterocycles. The molecule has 0 saturated carbocycles. The zero-order valence-corrected chi connectivity index (χ0v) is 14.9. The van der Waals surface area contributed by atoms with Gasteiger partial charge in [-0.1, -0.05) is 0 Å². The summed E-state index contributed by atoms with van der Waals surface area (Å²) in [7, 11) is 0. The number of nitrogens with one attached hydrogen (secondary N) is 1. The van der Waals surface area contributed by atoms with Gasteiger partial charge < -0.3 is 0 Å². The van der Waals surface area contributed by atoms with E-state index in [2.05, 4.69) is 6.07 Å².